The van der Waals surface area contributed by atoms with Gasteiger partial charge in [-0.05, 0) is 244 Å². The normalized spacial score (nSPS) is 15.6. The van der Waals surface area contributed by atoms with E-state index in [1.54, 1.807) is 72.9 Å². The maximum atomic E-state index is 12.6. The Morgan fingerprint density at radius 3 is 1.16 bits per heavy atom. The average Bonchev–Trinajstić information content (AvgIpc) is 1.66. The number of carbonyl (C=O) groups is 4. The first kappa shape index (κ1) is 111. The number of aliphatic carboxylic acids is 2. The summed E-state index contributed by atoms with van der Waals surface area (Å²) < 4.78 is 203. The highest BCUT2D eigenvalue weighted by atomic mass is 35.5. The average molecular weight is 2030 g/mol. The van der Waals surface area contributed by atoms with E-state index in [1.807, 2.05) is 59.7 Å². The third-order valence-electron chi connectivity index (χ3n) is 22.9. The number of halogens is 16. The zero-order valence-corrected chi connectivity index (χ0v) is 80.5. The molecule has 0 spiro atoms. The van der Waals surface area contributed by atoms with Gasteiger partial charge in [0.25, 0.3) is 0 Å². The number of nitrogens with zero attached hydrogens (tertiary/aromatic N) is 12. The van der Waals surface area contributed by atoms with Gasteiger partial charge in [-0.15, -0.1) is 49.7 Å². The van der Waals surface area contributed by atoms with Crippen molar-refractivity contribution in [3.05, 3.63) is 181 Å². The molecule has 0 radical (unpaired) electrons. The molecule has 2 amide bonds. The Morgan fingerprint density at radius 1 is 0.447 bits per heavy atom. The van der Waals surface area contributed by atoms with Gasteiger partial charge in [0.1, 0.15) is 45.2 Å². The van der Waals surface area contributed by atoms with Crippen LogP contribution in [0.25, 0.3) is 61.8 Å². The number of hydrogen-bond donors (Lipinski definition) is 6. The number of carboxylic acids is 2. The van der Waals surface area contributed by atoms with Crippen LogP contribution in [-0.2, 0) is 19.1 Å². The molecule has 7 N–H and O–H groups in total. The monoisotopic (exact) mass is 2030 g/mol. The van der Waals surface area contributed by atoms with E-state index < -0.39 is 54.6 Å². The largest absolute Gasteiger partial charge is 0.573 e. The van der Waals surface area contributed by atoms with Crippen LogP contribution in [0.3, 0.4) is 0 Å². The first-order valence-electron chi connectivity index (χ1n) is 45.8. The Balaban J connectivity index is 0.000000178. The molecule has 9 heterocycles. The van der Waals surface area contributed by atoms with Crippen LogP contribution < -0.4 is 46.1 Å². The summed E-state index contributed by atoms with van der Waals surface area (Å²) >= 11 is 5.82. The van der Waals surface area contributed by atoms with Crippen molar-refractivity contribution in [1.29, 1.82) is 0 Å². The summed E-state index contributed by atoms with van der Waals surface area (Å²) in [4.78, 5) is 60.2. The summed E-state index contributed by atoms with van der Waals surface area (Å²) in [7, 11) is 4.26. The number of nitrogens with two attached hydrogens (primary N) is 1. The molecule has 141 heavy (non-hydrogen) atoms. The number of benzene rings is 5. The minimum absolute atomic E-state index is 0.0867. The third kappa shape index (κ3) is 35.5. The lowest BCUT2D eigenvalue weighted by molar-refractivity contribution is -0.275. The molecule has 0 atom stereocenters. The summed E-state index contributed by atoms with van der Waals surface area (Å²) in [6, 6.07) is 46.1. The first-order valence-corrected chi connectivity index (χ1v) is 47.7. The second kappa shape index (κ2) is 50.0. The summed E-state index contributed by atoms with van der Waals surface area (Å²) in [5.74, 6) is -3.55. The number of para-hydroxylation sites is 1. The molecule has 11 aromatic rings. The quantitative estimate of drug-likeness (QED) is 0.0343. The highest BCUT2D eigenvalue weighted by molar-refractivity contribution is 7.67. The number of imidazole rings is 3. The van der Waals surface area contributed by atoms with Gasteiger partial charge in [-0.25, -0.2) is 47.7 Å². The van der Waals surface area contributed by atoms with Crippen molar-refractivity contribution in [2.24, 2.45) is 23.5 Å². The molecule has 3 aliphatic heterocycles. The van der Waals surface area contributed by atoms with Gasteiger partial charge in [-0.3, -0.25) is 0 Å². The van der Waals surface area contributed by atoms with E-state index in [4.69, 9.17) is 46.6 Å². The van der Waals surface area contributed by atoms with Crippen LogP contribution in [-0.4, -0.2) is 215 Å². The van der Waals surface area contributed by atoms with Crippen LogP contribution in [0.5, 0.6) is 17.2 Å². The number of nitrogens with one attached hydrogen (secondary N) is 3. The Morgan fingerprint density at radius 2 is 0.794 bits per heavy atom. The van der Waals surface area contributed by atoms with E-state index in [1.165, 1.54) is 146 Å². The molecule has 44 heteroatoms. The number of piperidine rings is 3. The van der Waals surface area contributed by atoms with Gasteiger partial charge >= 0.3 is 55.6 Å². The second-order valence-corrected chi connectivity index (χ2v) is 39.2. The molecule has 766 valence electrons. The summed E-state index contributed by atoms with van der Waals surface area (Å²) in [5.41, 5.74) is 15.7. The number of fused-ring (bicyclic) bond motifs is 3. The van der Waals surface area contributed by atoms with Crippen LogP contribution in [0.2, 0.25) is 5.15 Å². The molecule has 5 aromatic carbocycles. The maximum Gasteiger partial charge on any atom is 0.573 e. The van der Waals surface area contributed by atoms with Crippen LogP contribution in [0.1, 0.15) is 144 Å². The van der Waals surface area contributed by atoms with Crippen molar-refractivity contribution in [3.63, 3.8) is 0 Å². The van der Waals surface area contributed by atoms with E-state index in [9.17, 15) is 75.4 Å². The molecule has 5 aliphatic rings. The van der Waals surface area contributed by atoms with E-state index >= 15 is 0 Å². The van der Waals surface area contributed by atoms with Crippen molar-refractivity contribution in [1.82, 2.24) is 58.9 Å². The van der Waals surface area contributed by atoms with E-state index in [0.717, 1.165) is 89.1 Å². The second-order valence-electron chi connectivity index (χ2n) is 36.1. The van der Waals surface area contributed by atoms with E-state index in [0.29, 0.717) is 99.7 Å². The number of ether oxygens (including phenoxy) is 5. The lowest BCUT2D eigenvalue weighted by Crippen LogP contribution is -2.42. The lowest BCUT2D eigenvalue weighted by atomic mass is 9.97. The molecule has 2 saturated carbocycles. The summed E-state index contributed by atoms with van der Waals surface area (Å²) in [6.07, 6.45) is 0.264. The van der Waals surface area contributed by atoms with Gasteiger partial charge in [0, 0.05) is 81.3 Å². The van der Waals surface area contributed by atoms with E-state index in [-0.39, 0.29) is 42.5 Å². The molecule has 0 unspecified atom stereocenters. The third-order valence-corrected chi connectivity index (χ3v) is 26.6. The number of carboxylic acid groups (broad SMARTS) is 2. The Labute approximate surface area is 811 Å². The number of rotatable bonds is 18. The number of aromatic nitrogens is 9. The predicted octanol–water partition coefficient (Wildman–Crippen LogP) is 23.1. The highest BCUT2D eigenvalue weighted by Gasteiger charge is 2.41. The smallest absolute Gasteiger partial charge is 0.475 e. The number of likely N-dealkylation sites (tertiary alicyclic amines) is 2. The van der Waals surface area contributed by atoms with Gasteiger partial charge < -0.3 is 70.3 Å². The van der Waals surface area contributed by atoms with Gasteiger partial charge in [-0.2, -0.15) is 31.4 Å². The molecule has 2 aliphatic carbocycles. The zero-order chi connectivity index (χ0) is 103. The standard InChI is InChI=1S/C26H36NP.C24H28F3N5O3.C19H20F3N5O.C13H7ClF3N3O.C11H22N2O2.2C2HF3O2/c1-27(2)25-19-11-9-17-23(25)24-18-10-12-20-26(24)28(21-13-5-3-6-14-21)22-15-7-4-8-16-22;1-23(2,3)35-22(33)31-11-9-16(10-12-31)14-28-20-7-8-21-29-15-19(32(21)30-20)17-5-4-6-18(13-17)34-24(25,26)27;20-19(21,22)28-15-3-1-2-14(10-15)16-12-25-18-5-4-17(26-27(16)18)24-11-13-6-8-23-9-7-13;14-11-4-5-12-18-7-10(20(12)19-11)8-2-1-3-9(6-8)21-13(15,16)17;1-11(2,3)15-10(14)13-6-4-9(8-12)5-7-13;2*3-2(4,5)1(6)7/h9-12,17-22H,3-8,13-16H2,1-2H3;4-8,13,15-16H,9-12,14H2,1-3H3,(H,28,30);1-5,10,12-13,23H,6-9,11H2,(H,24,26);1-7H;9H,4-8,12H2,1-3H3;2*(H,6,7). The van der Waals surface area contributed by atoms with Crippen molar-refractivity contribution >= 4 is 83.2 Å². The van der Waals surface area contributed by atoms with Crippen molar-refractivity contribution in [2.45, 2.75) is 198 Å². The van der Waals surface area contributed by atoms with Gasteiger partial charge in [0.2, 0.25) is 0 Å². The van der Waals surface area contributed by atoms with Crippen LogP contribution in [0, 0.1) is 17.8 Å². The molecule has 6 aromatic heterocycles. The first-order chi connectivity index (χ1) is 66.4. The molecule has 5 fully saturated rings. The van der Waals surface area contributed by atoms with Gasteiger partial charge in [-0.1, -0.05) is 137 Å². The summed E-state index contributed by atoms with van der Waals surface area (Å²) in [6.45, 7) is 18.3. The number of carbonyl (C=O) groups excluding carboxylic acids is 2. The molecule has 27 nitrogen and oxygen atoms in total. The minimum Gasteiger partial charge on any atom is -0.475 e. The molecular weight excluding hydrogens is 1920 g/mol. The highest BCUT2D eigenvalue weighted by Crippen LogP contribution is 2.57. The SMILES string of the molecule is CC(C)(C)OC(=O)N1CCC(CN)CC1.CC(C)(C)OC(=O)N1CCC(CNc2ccc3ncc(-c4cccc(OC(F)(F)F)c4)n3n2)CC1.CN(C)c1ccccc1-c1ccccc1P(C1CCCCC1)C1CCCCC1.FC(F)(F)Oc1cccc(-c2cnc3ccc(Cl)nn23)c1.FC(F)(F)Oc1cccc(-c2cnc3ccc(NCC4CCNCC4)nn23)c1.O=C(O)C(F)(F)F.O=C(O)C(F)(F)F. The fraction of sp³-hybridized carbons (Fsp3) is 0.464. The number of amides is 2. The fourth-order valence-corrected chi connectivity index (χ4v) is 20.4. The number of hydrogen-bond acceptors (Lipinski definition) is 20. The maximum absolute atomic E-state index is 12.6. The summed E-state index contributed by atoms with van der Waals surface area (Å²) in [5, 5.41) is 39.5. The van der Waals surface area contributed by atoms with Crippen molar-refractivity contribution in [2.75, 3.05) is 88.5 Å². The van der Waals surface area contributed by atoms with Gasteiger partial charge in [0.05, 0.1) is 35.7 Å². The number of alkyl halides is 15. The van der Waals surface area contributed by atoms with Crippen LogP contribution in [0.4, 0.5) is 92.8 Å². The van der Waals surface area contributed by atoms with Crippen molar-refractivity contribution < 1.29 is 119 Å². The number of anilines is 3. The Bertz CT molecular complexity index is 5820. The predicted molar refractivity (Wildman–Crippen MR) is 507 cm³/mol. The van der Waals surface area contributed by atoms with Gasteiger partial charge in [0.15, 0.2) is 16.9 Å². The topological polar surface area (TPSA) is 317 Å². The van der Waals surface area contributed by atoms with E-state index in [2.05, 4.69) is 128 Å². The Kier molecular flexibility index (Phi) is 39.3. The molecule has 16 rings (SSSR count). The zero-order valence-electron chi connectivity index (χ0n) is 78.8. The molecular formula is C97H115ClF15N16O11P. The fourth-order valence-electron chi connectivity index (χ4n) is 16.3. The van der Waals surface area contributed by atoms with Crippen LogP contribution >= 0.6 is 19.5 Å². The lowest BCUT2D eigenvalue weighted by Gasteiger charge is -2.39. The molecule has 0 bridgehead atoms. The Hall–Kier alpha value is -12.2. The van der Waals surface area contributed by atoms with Crippen molar-refractivity contribution in [3.8, 4) is 62.1 Å². The molecule has 3 saturated heterocycles. The minimum atomic E-state index is -5.08. The van der Waals surface area contributed by atoms with Crippen LogP contribution in [0.15, 0.2) is 176 Å².